The number of ether oxygens (including phenoxy) is 1. The van der Waals surface area contributed by atoms with E-state index in [1.807, 2.05) is 6.07 Å². The van der Waals surface area contributed by atoms with Crippen LogP contribution in [-0.2, 0) is 6.54 Å². The Morgan fingerprint density at radius 2 is 2.26 bits per heavy atom. The minimum atomic E-state index is -0.763. The molecule has 0 aromatic carbocycles. The smallest absolute Gasteiger partial charge is 0.163 e. The molecule has 7 heteroatoms. The first-order valence-corrected chi connectivity index (χ1v) is 8.21. The fraction of sp³-hybridized carbons (Fsp3) is 0.417. The zero-order chi connectivity index (χ0) is 14.0. The number of hydrogen-bond acceptors (Lipinski definition) is 4. The van der Waals surface area contributed by atoms with Gasteiger partial charge in [-0.15, -0.1) is 11.3 Å². The Morgan fingerprint density at radius 3 is 2.79 bits per heavy atom. The molecule has 0 aliphatic rings. The van der Waals surface area contributed by atoms with E-state index in [1.54, 1.807) is 18.0 Å². The number of halogens is 2. The zero-order valence-electron chi connectivity index (χ0n) is 10.6. The van der Waals surface area contributed by atoms with Crippen LogP contribution in [0.4, 0.5) is 0 Å². The van der Waals surface area contributed by atoms with Gasteiger partial charge < -0.3 is 9.84 Å². The van der Waals surface area contributed by atoms with Crippen molar-refractivity contribution in [3.8, 4) is 5.75 Å². The first kappa shape index (κ1) is 15.0. The van der Waals surface area contributed by atoms with Crippen LogP contribution in [0.3, 0.4) is 0 Å². The van der Waals surface area contributed by atoms with Crippen molar-refractivity contribution >= 4 is 43.2 Å². The Kier molecular flexibility index (Phi) is 5.05. The minimum absolute atomic E-state index is 0.607. The van der Waals surface area contributed by atoms with Crippen molar-refractivity contribution in [3.63, 3.8) is 0 Å². The SMILES string of the molecule is CCCn1ncc(OC)c1C(O)c1cc(Br)sc1Br. The molecule has 0 aliphatic carbocycles. The maximum atomic E-state index is 10.6. The highest BCUT2D eigenvalue weighted by Gasteiger charge is 2.24. The van der Waals surface area contributed by atoms with Crippen LogP contribution >= 0.6 is 43.2 Å². The van der Waals surface area contributed by atoms with Crippen molar-refractivity contribution in [2.24, 2.45) is 0 Å². The van der Waals surface area contributed by atoms with Gasteiger partial charge >= 0.3 is 0 Å². The Bertz CT molecular complexity index is 568. The van der Waals surface area contributed by atoms with E-state index in [1.165, 1.54) is 11.3 Å². The van der Waals surface area contributed by atoms with Gasteiger partial charge in [0.05, 0.1) is 20.9 Å². The molecule has 0 saturated carbocycles. The van der Waals surface area contributed by atoms with Gasteiger partial charge in [0.25, 0.3) is 0 Å². The van der Waals surface area contributed by atoms with Crippen molar-refractivity contribution in [3.05, 3.63) is 31.1 Å². The van der Waals surface area contributed by atoms with Crippen LogP contribution in [-0.4, -0.2) is 22.0 Å². The predicted octanol–water partition coefficient (Wildman–Crippen LogP) is 3.97. The average Bonchev–Trinajstić information content (AvgIpc) is 2.92. The maximum Gasteiger partial charge on any atom is 0.163 e. The molecular formula is C12H14Br2N2O2S. The Balaban J connectivity index is 2.44. The zero-order valence-corrected chi connectivity index (χ0v) is 14.5. The molecule has 2 heterocycles. The molecule has 0 amide bonds. The number of methoxy groups -OCH3 is 1. The van der Waals surface area contributed by atoms with E-state index in [-0.39, 0.29) is 0 Å². The second-order valence-electron chi connectivity index (χ2n) is 4.00. The van der Waals surface area contributed by atoms with Gasteiger partial charge in [0.2, 0.25) is 0 Å². The summed E-state index contributed by atoms with van der Waals surface area (Å²) >= 11 is 8.42. The summed E-state index contributed by atoms with van der Waals surface area (Å²) in [5.41, 5.74) is 1.50. The van der Waals surface area contributed by atoms with E-state index >= 15 is 0 Å². The van der Waals surface area contributed by atoms with E-state index in [0.717, 1.165) is 26.1 Å². The van der Waals surface area contributed by atoms with Crippen LogP contribution in [0.1, 0.15) is 30.7 Å². The van der Waals surface area contributed by atoms with E-state index < -0.39 is 6.10 Å². The van der Waals surface area contributed by atoms with Gasteiger partial charge in [0.1, 0.15) is 11.8 Å². The topological polar surface area (TPSA) is 47.3 Å². The summed E-state index contributed by atoms with van der Waals surface area (Å²) in [4.78, 5) is 0. The van der Waals surface area contributed by atoms with Gasteiger partial charge in [-0.25, -0.2) is 0 Å². The fourth-order valence-corrected chi connectivity index (χ4v) is 4.77. The van der Waals surface area contributed by atoms with Crippen molar-refractivity contribution in [2.45, 2.75) is 26.0 Å². The lowest BCUT2D eigenvalue weighted by molar-refractivity contribution is 0.201. The highest BCUT2D eigenvalue weighted by atomic mass is 79.9. The second kappa shape index (κ2) is 6.39. The lowest BCUT2D eigenvalue weighted by Crippen LogP contribution is -2.11. The molecule has 2 aromatic rings. The van der Waals surface area contributed by atoms with Crippen molar-refractivity contribution < 1.29 is 9.84 Å². The van der Waals surface area contributed by atoms with Crippen LogP contribution in [0.2, 0.25) is 0 Å². The lowest BCUT2D eigenvalue weighted by atomic mass is 10.1. The summed E-state index contributed by atoms with van der Waals surface area (Å²) in [7, 11) is 1.59. The Labute approximate surface area is 132 Å². The van der Waals surface area contributed by atoms with Gasteiger partial charge in [0, 0.05) is 12.1 Å². The molecule has 0 spiro atoms. The number of aliphatic hydroxyl groups excluding tert-OH is 1. The first-order chi connectivity index (χ1) is 9.08. The van der Waals surface area contributed by atoms with Crippen molar-refractivity contribution in [2.75, 3.05) is 7.11 Å². The molecule has 0 fully saturated rings. The third-order valence-corrected chi connectivity index (χ3v) is 5.12. The lowest BCUT2D eigenvalue weighted by Gasteiger charge is -2.14. The molecule has 4 nitrogen and oxygen atoms in total. The summed E-state index contributed by atoms with van der Waals surface area (Å²) in [6.45, 7) is 2.82. The van der Waals surface area contributed by atoms with E-state index in [0.29, 0.717) is 11.4 Å². The van der Waals surface area contributed by atoms with E-state index in [2.05, 4.69) is 43.9 Å². The maximum absolute atomic E-state index is 10.6. The largest absolute Gasteiger partial charge is 0.493 e. The highest BCUT2D eigenvalue weighted by molar-refractivity contribution is 9.12. The molecule has 0 radical (unpaired) electrons. The fourth-order valence-electron chi connectivity index (χ4n) is 1.89. The molecule has 1 N–H and O–H groups in total. The average molecular weight is 410 g/mol. The number of aromatic nitrogens is 2. The highest BCUT2D eigenvalue weighted by Crippen LogP contribution is 2.39. The predicted molar refractivity (Wildman–Crippen MR) is 82.9 cm³/mol. The molecule has 2 aromatic heterocycles. The molecule has 0 aliphatic heterocycles. The minimum Gasteiger partial charge on any atom is -0.493 e. The number of rotatable bonds is 5. The van der Waals surface area contributed by atoms with Gasteiger partial charge in [-0.05, 0) is 44.3 Å². The van der Waals surface area contributed by atoms with Gasteiger partial charge in [-0.2, -0.15) is 5.10 Å². The summed E-state index contributed by atoms with van der Waals surface area (Å²) in [6.07, 6.45) is 1.82. The molecule has 0 saturated heterocycles. The van der Waals surface area contributed by atoms with Crippen LogP contribution < -0.4 is 4.74 Å². The number of aryl methyl sites for hydroxylation is 1. The first-order valence-electron chi connectivity index (χ1n) is 5.81. The molecule has 2 rings (SSSR count). The number of aliphatic hydroxyl groups is 1. The summed E-state index contributed by atoms with van der Waals surface area (Å²) in [6, 6.07) is 1.90. The van der Waals surface area contributed by atoms with Crippen LogP contribution in [0.5, 0.6) is 5.75 Å². The third-order valence-electron chi connectivity index (χ3n) is 2.74. The van der Waals surface area contributed by atoms with Gasteiger partial charge in [-0.1, -0.05) is 6.92 Å². The number of thiophene rings is 1. The van der Waals surface area contributed by atoms with Crippen LogP contribution in [0.15, 0.2) is 19.8 Å². The molecule has 19 heavy (non-hydrogen) atoms. The van der Waals surface area contributed by atoms with Crippen molar-refractivity contribution in [1.29, 1.82) is 0 Å². The molecule has 1 unspecified atom stereocenters. The van der Waals surface area contributed by atoms with Gasteiger partial charge in [0.15, 0.2) is 5.75 Å². The second-order valence-corrected chi connectivity index (χ2v) is 7.75. The molecule has 0 bridgehead atoms. The molecule has 1 atom stereocenters. The third kappa shape index (κ3) is 3.04. The van der Waals surface area contributed by atoms with Gasteiger partial charge in [-0.3, -0.25) is 4.68 Å². The van der Waals surface area contributed by atoms with E-state index in [9.17, 15) is 5.11 Å². The number of hydrogen-bond donors (Lipinski definition) is 1. The Morgan fingerprint density at radius 1 is 1.53 bits per heavy atom. The summed E-state index contributed by atoms with van der Waals surface area (Å²) in [5, 5.41) is 14.9. The standard InChI is InChI=1S/C12H14Br2N2O2S/c1-3-4-16-10(8(18-2)6-15-16)11(17)7-5-9(13)19-12(7)14/h5-6,11,17H,3-4H2,1-2H3. The quantitative estimate of drug-likeness (QED) is 0.812. The summed E-state index contributed by atoms with van der Waals surface area (Å²) in [5.74, 6) is 0.607. The van der Waals surface area contributed by atoms with Crippen LogP contribution in [0.25, 0.3) is 0 Å². The number of nitrogens with zero attached hydrogens (tertiary/aromatic N) is 2. The molecule has 104 valence electrons. The molecular weight excluding hydrogens is 396 g/mol. The van der Waals surface area contributed by atoms with Crippen molar-refractivity contribution in [1.82, 2.24) is 9.78 Å². The normalized spacial score (nSPS) is 12.7. The Hall–Kier alpha value is -0.370. The van der Waals surface area contributed by atoms with E-state index in [4.69, 9.17) is 4.74 Å². The van der Waals surface area contributed by atoms with Crippen LogP contribution in [0, 0.1) is 0 Å². The monoisotopic (exact) mass is 408 g/mol. The summed E-state index contributed by atoms with van der Waals surface area (Å²) < 4.78 is 8.96.